The Labute approximate surface area is 171 Å². The monoisotopic (exact) mass is 415 g/mol. The molecule has 1 aromatic carbocycles. The number of hydrogen-bond donors (Lipinski definition) is 0. The fourth-order valence-electron chi connectivity index (χ4n) is 3.61. The molecule has 0 amide bonds. The quantitative estimate of drug-likeness (QED) is 0.747. The maximum absolute atomic E-state index is 12.9. The van der Waals surface area contributed by atoms with E-state index in [9.17, 15) is 8.42 Å². The number of nitrogens with zero attached hydrogens (tertiary/aromatic N) is 3. The van der Waals surface area contributed by atoms with Gasteiger partial charge in [0, 0.05) is 31.8 Å². The van der Waals surface area contributed by atoms with Crippen molar-refractivity contribution in [3.63, 3.8) is 0 Å². The van der Waals surface area contributed by atoms with Crippen molar-refractivity contribution >= 4 is 15.7 Å². The van der Waals surface area contributed by atoms with E-state index in [2.05, 4.69) is 14.2 Å². The Morgan fingerprint density at radius 3 is 1.97 bits per heavy atom. The first kappa shape index (κ1) is 19.9. The minimum atomic E-state index is -3.81. The van der Waals surface area contributed by atoms with Gasteiger partial charge in [-0.3, -0.25) is 0 Å². The van der Waals surface area contributed by atoms with Crippen molar-refractivity contribution in [3.8, 4) is 0 Å². The largest absolute Gasteiger partial charge is 0.378 e. The van der Waals surface area contributed by atoms with E-state index < -0.39 is 10.0 Å². The number of allylic oxidation sites excluding steroid dienone is 5. The van der Waals surface area contributed by atoms with Crippen molar-refractivity contribution in [1.82, 2.24) is 9.80 Å². The van der Waals surface area contributed by atoms with E-state index in [0.717, 1.165) is 37.6 Å². The van der Waals surface area contributed by atoms with Crippen LogP contribution in [0.3, 0.4) is 0 Å². The van der Waals surface area contributed by atoms with E-state index in [1.165, 1.54) is 0 Å². The van der Waals surface area contributed by atoms with Crippen molar-refractivity contribution in [2.45, 2.75) is 4.90 Å². The molecule has 2 aliphatic heterocycles. The highest BCUT2D eigenvalue weighted by Crippen LogP contribution is 2.25. The molecule has 0 aromatic heterocycles. The lowest BCUT2D eigenvalue weighted by atomic mass is 10.0. The van der Waals surface area contributed by atoms with Gasteiger partial charge >= 0.3 is 0 Å². The first-order valence-corrected chi connectivity index (χ1v) is 11.2. The average Bonchev–Trinajstić information content (AvgIpc) is 2.77. The van der Waals surface area contributed by atoms with Crippen molar-refractivity contribution in [1.29, 1.82) is 0 Å². The summed E-state index contributed by atoms with van der Waals surface area (Å²) < 4.78 is 41.0. The summed E-state index contributed by atoms with van der Waals surface area (Å²) in [6.07, 6.45) is 7.44. The van der Waals surface area contributed by atoms with Gasteiger partial charge < -0.3 is 19.3 Å². The van der Waals surface area contributed by atoms with E-state index in [4.69, 9.17) is 9.47 Å². The maximum atomic E-state index is 12.9. The summed E-state index contributed by atoms with van der Waals surface area (Å²) in [6, 6.07) is 8.32. The summed E-state index contributed by atoms with van der Waals surface area (Å²) in [5, 5.41) is 0. The van der Waals surface area contributed by atoms with Gasteiger partial charge in [0.15, 0.2) is 0 Å². The number of benzene rings is 1. The van der Waals surface area contributed by atoms with Crippen LogP contribution in [0.2, 0.25) is 0 Å². The van der Waals surface area contributed by atoms with Gasteiger partial charge in [-0.15, -0.1) is 0 Å². The van der Waals surface area contributed by atoms with Gasteiger partial charge in [-0.05, 0) is 24.3 Å². The zero-order chi connectivity index (χ0) is 20.1. The molecule has 1 aliphatic carbocycles. The fourth-order valence-corrected chi connectivity index (χ4v) is 4.63. The van der Waals surface area contributed by atoms with Crippen LogP contribution in [0.15, 0.2) is 75.3 Å². The van der Waals surface area contributed by atoms with Crippen LogP contribution >= 0.6 is 0 Å². The molecule has 0 saturated carbocycles. The molecule has 7 nitrogen and oxygen atoms in total. The molecule has 2 fully saturated rings. The van der Waals surface area contributed by atoms with Crippen LogP contribution in [0, 0.1) is 0 Å². The van der Waals surface area contributed by atoms with Gasteiger partial charge in [0.1, 0.15) is 5.82 Å². The second-order valence-electron chi connectivity index (χ2n) is 6.92. The molecule has 0 N–H and O–H groups in total. The lowest BCUT2D eigenvalue weighted by molar-refractivity contribution is 0.00823. The van der Waals surface area contributed by atoms with Gasteiger partial charge in [0.05, 0.1) is 37.0 Å². The Bertz CT molecular complexity index is 919. The highest BCUT2D eigenvalue weighted by Gasteiger charge is 2.27. The summed E-state index contributed by atoms with van der Waals surface area (Å²) in [4.78, 5) is 4.71. The molecule has 0 unspecified atom stereocenters. The van der Waals surface area contributed by atoms with Gasteiger partial charge in [-0.25, -0.2) is 0 Å². The van der Waals surface area contributed by atoms with Gasteiger partial charge in [0.2, 0.25) is 0 Å². The van der Waals surface area contributed by atoms with Crippen molar-refractivity contribution in [2.24, 2.45) is 4.40 Å². The zero-order valence-corrected chi connectivity index (χ0v) is 17.1. The topological polar surface area (TPSA) is 71.4 Å². The Morgan fingerprint density at radius 2 is 1.38 bits per heavy atom. The Kier molecular flexibility index (Phi) is 6.13. The lowest BCUT2D eigenvalue weighted by Crippen LogP contribution is -2.47. The van der Waals surface area contributed by atoms with Crippen LogP contribution in [0.4, 0.5) is 0 Å². The standard InChI is InChI=1S/C21H25N3O4S/c25-29(26,18-6-2-1-3-7-18)22-20-9-5-4-8-19(20)21(23-10-14-27-15-11-23)24-12-16-28-17-13-24/h1-9H,10-17H2/b22-20-. The first-order chi connectivity index (χ1) is 14.1. The summed E-state index contributed by atoms with van der Waals surface area (Å²) in [6.45, 7) is 5.62. The Hall–Kier alpha value is -2.42. The molecule has 1 aromatic rings. The summed E-state index contributed by atoms with van der Waals surface area (Å²) in [5.41, 5.74) is 1.26. The smallest absolute Gasteiger partial charge is 0.282 e. The highest BCUT2D eigenvalue weighted by molar-refractivity contribution is 7.90. The third-order valence-electron chi connectivity index (χ3n) is 5.03. The highest BCUT2D eigenvalue weighted by atomic mass is 32.2. The number of ether oxygens (including phenoxy) is 2. The van der Waals surface area contributed by atoms with Crippen LogP contribution in [0.1, 0.15) is 0 Å². The lowest BCUT2D eigenvalue weighted by Gasteiger charge is -2.41. The van der Waals surface area contributed by atoms with Crippen LogP contribution in [-0.4, -0.2) is 76.5 Å². The van der Waals surface area contributed by atoms with Crippen LogP contribution < -0.4 is 0 Å². The number of rotatable bonds is 4. The predicted octanol–water partition coefficient (Wildman–Crippen LogP) is 1.82. The molecule has 3 aliphatic rings. The summed E-state index contributed by atoms with van der Waals surface area (Å²) >= 11 is 0. The predicted molar refractivity (Wildman–Crippen MR) is 111 cm³/mol. The number of hydrogen-bond acceptors (Lipinski definition) is 6. The van der Waals surface area contributed by atoms with E-state index >= 15 is 0 Å². The van der Waals surface area contributed by atoms with E-state index in [0.29, 0.717) is 32.1 Å². The minimum absolute atomic E-state index is 0.189. The number of morpholine rings is 2. The molecule has 0 bridgehead atoms. The second-order valence-corrected chi connectivity index (χ2v) is 8.52. The van der Waals surface area contributed by atoms with Crippen molar-refractivity contribution in [2.75, 3.05) is 52.6 Å². The Balaban J connectivity index is 1.79. The van der Waals surface area contributed by atoms with Crippen molar-refractivity contribution in [3.05, 3.63) is 66.0 Å². The molecule has 4 rings (SSSR count). The molecule has 2 saturated heterocycles. The third-order valence-corrected chi connectivity index (χ3v) is 6.33. The molecular weight excluding hydrogens is 390 g/mol. The molecule has 0 atom stereocenters. The summed E-state index contributed by atoms with van der Waals surface area (Å²) in [7, 11) is -3.81. The van der Waals surface area contributed by atoms with Crippen LogP contribution in [0.5, 0.6) is 0 Å². The maximum Gasteiger partial charge on any atom is 0.282 e. The minimum Gasteiger partial charge on any atom is -0.378 e. The van der Waals surface area contributed by atoms with Crippen LogP contribution in [0.25, 0.3) is 0 Å². The average molecular weight is 416 g/mol. The summed E-state index contributed by atoms with van der Waals surface area (Å²) in [5.74, 6) is 0.999. The molecular formula is C21H25N3O4S. The molecule has 8 heteroatoms. The van der Waals surface area contributed by atoms with E-state index in [1.54, 1.807) is 36.4 Å². The van der Waals surface area contributed by atoms with Gasteiger partial charge in [0.25, 0.3) is 10.0 Å². The van der Waals surface area contributed by atoms with Gasteiger partial charge in [-0.1, -0.05) is 30.4 Å². The molecule has 154 valence electrons. The van der Waals surface area contributed by atoms with Gasteiger partial charge in [-0.2, -0.15) is 12.8 Å². The number of sulfonamides is 1. The van der Waals surface area contributed by atoms with Crippen molar-refractivity contribution < 1.29 is 17.9 Å². The molecule has 0 radical (unpaired) electrons. The fraction of sp³-hybridized carbons (Fsp3) is 0.381. The molecule has 29 heavy (non-hydrogen) atoms. The molecule has 2 heterocycles. The third kappa shape index (κ3) is 4.60. The SMILES string of the molecule is O=S(=O)(/N=C1/C=CC=CC1=C(N1CCOCC1)N1CCOCC1)c1ccccc1. The molecule has 0 spiro atoms. The first-order valence-electron chi connectivity index (χ1n) is 9.80. The van der Waals surface area contributed by atoms with E-state index in [1.807, 2.05) is 18.2 Å². The zero-order valence-electron chi connectivity index (χ0n) is 16.2. The second kappa shape index (κ2) is 8.94. The Morgan fingerprint density at radius 1 is 0.828 bits per heavy atom. The normalized spacial score (nSPS) is 21.7. The van der Waals surface area contributed by atoms with Crippen LogP contribution in [-0.2, 0) is 19.5 Å². The van der Waals surface area contributed by atoms with E-state index in [-0.39, 0.29) is 4.90 Å².